The summed E-state index contributed by atoms with van der Waals surface area (Å²) in [4.78, 5) is 18.0. The molecule has 128 valence electrons. The maximum absolute atomic E-state index is 12.3. The summed E-state index contributed by atoms with van der Waals surface area (Å²) in [6.45, 7) is 1.30. The molecule has 0 atom stereocenters. The zero-order valence-electron chi connectivity index (χ0n) is 13.6. The number of amides is 1. The number of hydrogen-bond donors (Lipinski definition) is 0. The van der Waals surface area contributed by atoms with Gasteiger partial charge in [0.05, 0.1) is 0 Å². The van der Waals surface area contributed by atoms with E-state index >= 15 is 0 Å². The Morgan fingerprint density at radius 1 is 1.17 bits per heavy atom. The molecule has 8 heteroatoms. The normalized spacial score (nSPS) is 15.0. The quantitative estimate of drug-likeness (QED) is 0.805. The lowest BCUT2D eigenvalue weighted by Crippen LogP contribution is -2.33. The average molecular weight is 348 g/mol. The van der Waals surface area contributed by atoms with Gasteiger partial charge in [-0.05, 0) is 12.8 Å². The van der Waals surface area contributed by atoms with Gasteiger partial charge >= 0.3 is 0 Å². The van der Waals surface area contributed by atoms with Gasteiger partial charge in [0.2, 0.25) is 5.91 Å². The molecule has 1 amide bonds. The van der Waals surface area contributed by atoms with Crippen molar-refractivity contribution < 1.29 is 13.2 Å². The number of sulfone groups is 1. The van der Waals surface area contributed by atoms with E-state index in [1.54, 1.807) is 11.9 Å². The molecule has 1 aromatic carbocycles. The maximum atomic E-state index is 12.3. The van der Waals surface area contributed by atoms with Gasteiger partial charge in [-0.1, -0.05) is 30.3 Å². The van der Waals surface area contributed by atoms with Crippen LogP contribution in [0.25, 0.3) is 11.4 Å². The third-order valence-electron chi connectivity index (χ3n) is 4.04. The molecule has 0 unspecified atom stereocenters. The van der Waals surface area contributed by atoms with Crippen LogP contribution in [0.2, 0.25) is 0 Å². The lowest BCUT2D eigenvalue weighted by Gasteiger charge is -2.14. The van der Waals surface area contributed by atoms with Gasteiger partial charge in [0.1, 0.15) is 17.3 Å². The van der Waals surface area contributed by atoms with Crippen LogP contribution in [0, 0.1) is 0 Å². The molecule has 2 aromatic rings. The van der Waals surface area contributed by atoms with Crippen molar-refractivity contribution in [3.8, 4) is 11.4 Å². The van der Waals surface area contributed by atoms with E-state index in [1.807, 2.05) is 30.3 Å². The smallest absolute Gasteiger partial charge is 0.237 e. The Hall–Kier alpha value is -2.22. The second-order valence-corrected chi connectivity index (χ2v) is 8.03. The van der Waals surface area contributed by atoms with Gasteiger partial charge in [-0.2, -0.15) is 5.10 Å². The van der Waals surface area contributed by atoms with E-state index < -0.39 is 15.6 Å². The summed E-state index contributed by atoms with van der Waals surface area (Å²) < 4.78 is 26.1. The molecule has 3 rings (SSSR count). The first-order valence-electron chi connectivity index (χ1n) is 7.88. The highest BCUT2D eigenvalue weighted by molar-refractivity contribution is 7.91. The molecule has 0 radical (unpaired) electrons. The van der Waals surface area contributed by atoms with Crippen LogP contribution >= 0.6 is 0 Å². The van der Waals surface area contributed by atoms with Crippen molar-refractivity contribution in [2.45, 2.75) is 18.6 Å². The summed E-state index contributed by atoms with van der Waals surface area (Å²) in [5, 5.41) is 4.27. The van der Waals surface area contributed by atoms with Crippen molar-refractivity contribution in [1.82, 2.24) is 19.7 Å². The van der Waals surface area contributed by atoms with Gasteiger partial charge in [0, 0.05) is 25.7 Å². The van der Waals surface area contributed by atoms with Crippen molar-refractivity contribution in [3.63, 3.8) is 0 Å². The summed E-state index contributed by atoms with van der Waals surface area (Å²) in [6.07, 6.45) is 1.88. The molecule has 0 saturated carbocycles. The molecular weight excluding hydrogens is 328 g/mol. The van der Waals surface area contributed by atoms with Crippen molar-refractivity contribution in [3.05, 3.63) is 36.2 Å². The zero-order valence-corrected chi connectivity index (χ0v) is 14.4. The van der Waals surface area contributed by atoms with Gasteiger partial charge in [0.15, 0.2) is 15.7 Å². The van der Waals surface area contributed by atoms with E-state index in [9.17, 15) is 13.2 Å². The summed E-state index contributed by atoms with van der Waals surface area (Å²) in [7, 11) is -1.92. The van der Waals surface area contributed by atoms with Crippen LogP contribution < -0.4 is 0 Å². The number of nitrogens with zero attached hydrogens (tertiary/aromatic N) is 4. The lowest BCUT2D eigenvalue weighted by atomic mass is 10.2. The highest BCUT2D eigenvalue weighted by Gasteiger charge is 2.26. The summed E-state index contributed by atoms with van der Waals surface area (Å²) in [6, 6.07) is 9.37. The molecule has 0 N–H and O–H groups in total. The standard InChI is InChI=1S/C16H20N4O3S/c1-19-14(17-16(18-19)13-7-3-2-4-8-13)11-24(22,23)12-15(21)20-9-5-6-10-20/h2-4,7-8H,5-6,9-12H2,1H3. The van der Waals surface area contributed by atoms with Crippen LogP contribution in [0.5, 0.6) is 0 Å². The van der Waals surface area contributed by atoms with Crippen molar-refractivity contribution in [2.75, 3.05) is 18.8 Å². The number of carbonyl (C=O) groups is 1. The first-order valence-corrected chi connectivity index (χ1v) is 9.70. The van der Waals surface area contributed by atoms with Gasteiger partial charge in [-0.15, -0.1) is 0 Å². The molecule has 1 aromatic heterocycles. The van der Waals surface area contributed by atoms with E-state index in [-0.39, 0.29) is 11.7 Å². The SMILES string of the molecule is Cn1nc(-c2ccccc2)nc1CS(=O)(=O)CC(=O)N1CCCC1. The number of carbonyl (C=O) groups excluding carboxylic acids is 1. The monoisotopic (exact) mass is 348 g/mol. The number of aryl methyl sites for hydroxylation is 1. The number of benzene rings is 1. The Morgan fingerprint density at radius 3 is 2.50 bits per heavy atom. The second kappa shape index (κ2) is 6.72. The van der Waals surface area contributed by atoms with Gasteiger partial charge < -0.3 is 4.90 Å². The molecule has 0 aliphatic carbocycles. The molecule has 2 heterocycles. The topological polar surface area (TPSA) is 85.2 Å². The van der Waals surface area contributed by atoms with E-state index in [0.29, 0.717) is 24.7 Å². The van der Waals surface area contributed by atoms with Crippen LogP contribution in [-0.2, 0) is 27.4 Å². The second-order valence-electron chi connectivity index (χ2n) is 5.96. The van der Waals surface area contributed by atoms with Crippen LogP contribution in [0.1, 0.15) is 18.7 Å². The van der Waals surface area contributed by atoms with E-state index in [4.69, 9.17) is 0 Å². The Labute approximate surface area is 141 Å². The predicted octanol–water partition coefficient (Wildman–Crippen LogP) is 1.02. The number of rotatable bonds is 5. The number of hydrogen-bond acceptors (Lipinski definition) is 5. The molecule has 24 heavy (non-hydrogen) atoms. The summed E-state index contributed by atoms with van der Waals surface area (Å²) in [5.41, 5.74) is 0.824. The number of likely N-dealkylation sites (tertiary alicyclic amines) is 1. The van der Waals surface area contributed by atoms with Crippen LogP contribution in [0.15, 0.2) is 30.3 Å². The highest BCUT2D eigenvalue weighted by Crippen LogP contribution is 2.16. The molecule has 1 aliphatic rings. The minimum absolute atomic E-state index is 0.289. The first-order chi connectivity index (χ1) is 11.4. The van der Waals surface area contributed by atoms with Crippen molar-refractivity contribution >= 4 is 15.7 Å². The summed E-state index contributed by atoms with van der Waals surface area (Å²) in [5.74, 6) is -0.265. The third kappa shape index (κ3) is 3.81. The molecule has 1 fully saturated rings. The zero-order chi connectivity index (χ0) is 17.2. The molecular formula is C16H20N4O3S. The Kier molecular flexibility index (Phi) is 4.66. The van der Waals surface area contributed by atoms with Crippen LogP contribution in [0.3, 0.4) is 0 Å². The van der Waals surface area contributed by atoms with Gasteiger partial charge in [0.25, 0.3) is 0 Å². The Morgan fingerprint density at radius 2 is 1.83 bits per heavy atom. The Bertz CT molecular complexity index is 824. The summed E-state index contributed by atoms with van der Waals surface area (Å²) >= 11 is 0. The average Bonchev–Trinajstić information content (AvgIpc) is 3.18. The number of aromatic nitrogens is 3. The molecule has 1 aliphatic heterocycles. The fourth-order valence-electron chi connectivity index (χ4n) is 2.75. The molecule has 7 nitrogen and oxygen atoms in total. The third-order valence-corrected chi connectivity index (χ3v) is 5.42. The largest absolute Gasteiger partial charge is 0.342 e. The minimum atomic E-state index is -3.58. The molecule has 0 bridgehead atoms. The molecule has 0 spiro atoms. The lowest BCUT2D eigenvalue weighted by molar-refractivity contribution is -0.127. The Balaban J connectivity index is 1.73. The molecule has 1 saturated heterocycles. The van der Waals surface area contributed by atoms with Crippen molar-refractivity contribution in [2.24, 2.45) is 7.05 Å². The fourth-order valence-corrected chi connectivity index (χ4v) is 4.05. The highest BCUT2D eigenvalue weighted by atomic mass is 32.2. The van der Waals surface area contributed by atoms with E-state index in [2.05, 4.69) is 10.1 Å². The van der Waals surface area contributed by atoms with E-state index in [1.165, 1.54) is 4.68 Å². The fraction of sp³-hybridized carbons (Fsp3) is 0.438. The van der Waals surface area contributed by atoms with Crippen LogP contribution in [-0.4, -0.2) is 52.8 Å². The minimum Gasteiger partial charge on any atom is -0.342 e. The van der Waals surface area contributed by atoms with Crippen molar-refractivity contribution in [1.29, 1.82) is 0 Å². The van der Waals surface area contributed by atoms with Gasteiger partial charge in [-0.3, -0.25) is 9.48 Å². The van der Waals surface area contributed by atoms with Gasteiger partial charge in [-0.25, -0.2) is 13.4 Å². The first kappa shape index (κ1) is 16.6. The van der Waals surface area contributed by atoms with E-state index in [0.717, 1.165) is 18.4 Å². The predicted molar refractivity (Wildman–Crippen MR) is 89.7 cm³/mol. The maximum Gasteiger partial charge on any atom is 0.237 e. The van der Waals surface area contributed by atoms with Crippen LogP contribution in [0.4, 0.5) is 0 Å².